The van der Waals surface area contributed by atoms with Crippen molar-refractivity contribution in [1.29, 1.82) is 0 Å². The van der Waals surface area contributed by atoms with Gasteiger partial charge in [-0.25, -0.2) is 0 Å². The van der Waals surface area contributed by atoms with Crippen molar-refractivity contribution in [2.45, 2.75) is 39.2 Å². The Morgan fingerprint density at radius 3 is 2.21 bits per heavy atom. The number of anilines is 1. The number of benzene rings is 2. The molecule has 2 N–H and O–H groups in total. The molecule has 1 atom stereocenters. The lowest BCUT2D eigenvalue weighted by Crippen LogP contribution is -2.47. The summed E-state index contributed by atoms with van der Waals surface area (Å²) in [7, 11) is 3.05. The predicted octanol–water partition coefficient (Wildman–Crippen LogP) is 3.59. The van der Waals surface area contributed by atoms with E-state index in [1.165, 1.54) is 25.3 Å². The first-order valence-corrected chi connectivity index (χ1v) is 9.88. The fourth-order valence-electron chi connectivity index (χ4n) is 3.57. The summed E-state index contributed by atoms with van der Waals surface area (Å²) in [6, 6.07) is 10.3. The highest BCUT2D eigenvalue weighted by atomic mass is 16.5. The normalized spacial score (nSPS) is 13.6. The summed E-state index contributed by atoms with van der Waals surface area (Å²) in [6.07, 6.45) is 3.29. The van der Waals surface area contributed by atoms with Crippen molar-refractivity contribution in [2.24, 2.45) is 5.92 Å². The van der Waals surface area contributed by atoms with Gasteiger partial charge >= 0.3 is 0 Å². The molecule has 1 aliphatic rings. The lowest BCUT2D eigenvalue weighted by atomic mass is 10.0. The van der Waals surface area contributed by atoms with Crippen molar-refractivity contribution in [3.8, 4) is 11.5 Å². The van der Waals surface area contributed by atoms with E-state index in [1.54, 1.807) is 18.2 Å². The van der Waals surface area contributed by atoms with Gasteiger partial charge in [0, 0.05) is 17.3 Å². The molecule has 0 radical (unpaired) electrons. The summed E-state index contributed by atoms with van der Waals surface area (Å²) in [6.45, 7) is 3.80. The second-order valence-electron chi connectivity index (χ2n) is 7.62. The molecule has 0 saturated carbocycles. The molecule has 6 nitrogen and oxygen atoms in total. The number of rotatable bonds is 7. The van der Waals surface area contributed by atoms with Gasteiger partial charge in [-0.1, -0.05) is 19.9 Å². The number of aryl methyl sites for hydroxylation is 2. The van der Waals surface area contributed by atoms with E-state index in [4.69, 9.17) is 9.47 Å². The third kappa shape index (κ3) is 4.88. The van der Waals surface area contributed by atoms with Crippen LogP contribution in [0.25, 0.3) is 0 Å². The van der Waals surface area contributed by atoms with Gasteiger partial charge in [0.15, 0.2) is 0 Å². The maximum absolute atomic E-state index is 12.9. The minimum Gasteiger partial charge on any atom is -0.497 e. The van der Waals surface area contributed by atoms with Crippen molar-refractivity contribution >= 4 is 17.5 Å². The van der Waals surface area contributed by atoms with Gasteiger partial charge in [-0.05, 0) is 60.6 Å². The third-order valence-electron chi connectivity index (χ3n) is 5.22. The van der Waals surface area contributed by atoms with Crippen LogP contribution in [-0.4, -0.2) is 32.1 Å². The van der Waals surface area contributed by atoms with E-state index in [2.05, 4.69) is 16.7 Å². The Labute approximate surface area is 171 Å². The molecule has 0 aromatic heterocycles. The predicted molar refractivity (Wildman–Crippen MR) is 113 cm³/mol. The van der Waals surface area contributed by atoms with E-state index in [0.717, 1.165) is 24.9 Å². The van der Waals surface area contributed by atoms with Crippen LogP contribution in [0.15, 0.2) is 36.4 Å². The molecule has 1 aliphatic carbocycles. The second-order valence-corrected chi connectivity index (χ2v) is 7.62. The molecule has 2 amide bonds. The fraction of sp³-hybridized carbons (Fsp3) is 0.391. The average molecular weight is 396 g/mol. The van der Waals surface area contributed by atoms with Crippen LogP contribution in [0.3, 0.4) is 0 Å². The summed E-state index contributed by atoms with van der Waals surface area (Å²) in [5.74, 6) is 0.350. The highest BCUT2D eigenvalue weighted by Gasteiger charge is 2.25. The van der Waals surface area contributed by atoms with Gasteiger partial charge < -0.3 is 20.1 Å². The van der Waals surface area contributed by atoms with Crippen LogP contribution in [0, 0.1) is 5.92 Å². The molecule has 6 heteroatoms. The number of carbonyl (C=O) groups is 2. The Hall–Kier alpha value is -3.02. The lowest BCUT2D eigenvalue weighted by molar-refractivity contribution is -0.118. The van der Waals surface area contributed by atoms with Gasteiger partial charge in [0.25, 0.3) is 5.91 Å². The lowest BCUT2D eigenvalue weighted by Gasteiger charge is -2.22. The number of hydrogen-bond donors (Lipinski definition) is 2. The largest absolute Gasteiger partial charge is 0.497 e. The average Bonchev–Trinajstić information content (AvgIpc) is 3.18. The first kappa shape index (κ1) is 20.7. The molecule has 0 heterocycles. The molecule has 0 unspecified atom stereocenters. The van der Waals surface area contributed by atoms with E-state index in [9.17, 15) is 9.59 Å². The molecule has 0 fully saturated rings. The minimum atomic E-state index is -0.673. The van der Waals surface area contributed by atoms with Gasteiger partial charge in [-0.3, -0.25) is 9.59 Å². The number of ether oxygens (including phenoxy) is 2. The Balaban J connectivity index is 1.74. The van der Waals surface area contributed by atoms with Crippen LogP contribution in [0.5, 0.6) is 11.5 Å². The van der Waals surface area contributed by atoms with Crippen molar-refractivity contribution < 1.29 is 19.1 Å². The molecule has 0 aliphatic heterocycles. The third-order valence-corrected chi connectivity index (χ3v) is 5.22. The summed E-state index contributed by atoms with van der Waals surface area (Å²) < 4.78 is 10.4. The zero-order chi connectivity index (χ0) is 21.0. The first-order valence-electron chi connectivity index (χ1n) is 9.88. The zero-order valence-electron chi connectivity index (χ0n) is 17.4. The molecule has 29 heavy (non-hydrogen) atoms. The topological polar surface area (TPSA) is 76.7 Å². The summed E-state index contributed by atoms with van der Waals surface area (Å²) in [5.41, 5.74) is 3.77. The van der Waals surface area contributed by atoms with Crippen LogP contribution in [0.1, 0.15) is 41.8 Å². The maximum Gasteiger partial charge on any atom is 0.252 e. The number of hydrogen-bond acceptors (Lipinski definition) is 4. The van der Waals surface area contributed by atoms with Crippen LogP contribution in [-0.2, 0) is 17.6 Å². The quantitative estimate of drug-likeness (QED) is 0.750. The molecule has 0 saturated heterocycles. The number of fused-ring (bicyclic) bond motifs is 1. The summed E-state index contributed by atoms with van der Waals surface area (Å²) in [5, 5.41) is 5.80. The van der Waals surface area contributed by atoms with Gasteiger partial charge in [0.05, 0.1) is 14.2 Å². The number of amides is 2. The van der Waals surface area contributed by atoms with Crippen LogP contribution >= 0.6 is 0 Å². The van der Waals surface area contributed by atoms with E-state index < -0.39 is 6.04 Å². The Kier molecular flexibility index (Phi) is 6.42. The van der Waals surface area contributed by atoms with Gasteiger partial charge in [-0.2, -0.15) is 0 Å². The molecule has 154 valence electrons. The monoisotopic (exact) mass is 396 g/mol. The van der Waals surface area contributed by atoms with Gasteiger partial charge in [0.2, 0.25) is 5.91 Å². The van der Waals surface area contributed by atoms with E-state index >= 15 is 0 Å². The van der Waals surface area contributed by atoms with Crippen molar-refractivity contribution in [3.05, 3.63) is 53.1 Å². The van der Waals surface area contributed by atoms with Crippen LogP contribution in [0.2, 0.25) is 0 Å². The molecule has 2 aromatic rings. The number of nitrogens with one attached hydrogen (secondary N) is 2. The van der Waals surface area contributed by atoms with Crippen molar-refractivity contribution in [2.75, 3.05) is 19.5 Å². The standard InChI is InChI=1S/C23H28N2O4/c1-14(2)21(23(27)24-18-9-8-15-6-5-7-16(15)10-18)25-22(26)17-11-19(28-3)13-20(12-17)29-4/h8-14,21H,5-7H2,1-4H3,(H,24,27)(H,25,26)/t21-/m0/s1. The van der Waals surface area contributed by atoms with E-state index in [0.29, 0.717) is 17.1 Å². The minimum absolute atomic E-state index is 0.0825. The van der Waals surface area contributed by atoms with E-state index in [-0.39, 0.29) is 17.7 Å². The summed E-state index contributed by atoms with van der Waals surface area (Å²) in [4.78, 5) is 25.7. The molecular formula is C23H28N2O4. The first-order chi connectivity index (χ1) is 13.9. The van der Waals surface area contributed by atoms with Crippen LogP contribution in [0.4, 0.5) is 5.69 Å². The highest BCUT2D eigenvalue weighted by Crippen LogP contribution is 2.25. The zero-order valence-corrected chi connectivity index (χ0v) is 17.4. The Morgan fingerprint density at radius 1 is 0.931 bits per heavy atom. The number of methoxy groups -OCH3 is 2. The molecule has 0 spiro atoms. The smallest absolute Gasteiger partial charge is 0.252 e. The molecule has 2 aromatic carbocycles. The summed E-state index contributed by atoms with van der Waals surface area (Å²) >= 11 is 0. The fourth-order valence-corrected chi connectivity index (χ4v) is 3.57. The van der Waals surface area contributed by atoms with Crippen LogP contribution < -0.4 is 20.1 Å². The van der Waals surface area contributed by atoms with Gasteiger partial charge in [-0.15, -0.1) is 0 Å². The second kappa shape index (κ2) is 8.99. The molecule has 0 bridgehead atoms. The highest BCUT2D eigenvalue weighted by molar-refractivity contribution is 6.01. The van der Waals surface area contributed by atoms with Gasteiger partial charge in [0.1, 0.15) is 17.5 Å². The van der Waals surface area contributed by atoms with E-state index in [1.807, 2.05) is 26.0 Å². The van der Waals surface area contributed by atoms with Crippen molar-refractivity contribution in [3.63, 3.8) is 0 Å². The van der Waals surface area contributed by atoms with Crippen molar-refractivity contribution in [1.82, 2.24) is 5.32 Å². The SMILES string of the molecule is COc1cc(OC)cc(C(=O)N[C@H](C(=O)Nc2ccc3c(c2)CCC3)C(C)C)c1. The Morgan fingerprint density at radius 2 is 1.59 bits per heavy atom. The number of carbonyl (C=O) groups excluding carboxylic acids is 2. The molecule has 3 rings (SSSR count). The molecular weight excluding hydrogens is 368 g/mol. The maximum atomic E-state index is 12.9. The Bertz CT molecular complexity index is 885.